The normalized spacial score (nSPS) is 27.9. The molecule has 0 radical (unpaired) electrons. The van der Waals surface area contributed by atoms with E-state index in [2.05, 4.69) is 11.0 Å². The molecular weight excluding hydrogens is 619 g/mol. The van der Waals surface area contributed by atoms with Gasteiger partial charge in [-0.3, -0.25) is 0 Å². The van der Waals surface area contributed by atoms with E-state index in [-0.39, 0.29) is 46.2 Å². The van der Waals surface area contributed by atoms with Crippen molar-refractivity contribution < 1.29 is 32.2 Å². The molecule has 1 fully saturated rings. The predicted molar refractivity (Wildman–Crippen MR) is 172 cm³/mol. The number of hydrogen-bond acceptors (Lipinski definition) is 6. The summed E-state index contributed by atoms with van der Waals surface area (Å²) in [4.78, 5) is 14.2. The third-order valence-corrected chi connectivity index (χ3v) is 12.9. The van der Waals surface area contributed by atoms with Crippen LogP contribution in [0.1, 0.15) is 67.4 Å². The largest absolute Gasteiger partial charge is 0.490 e. The van der Waals surface area contributed by atoms with Gasteiger partial charge in [0, 0.05) is 25.6 Å². The van der Waals surface area contributed by atoms with Crippen molar-refractivity contribution in [3.8, 4) is 5.75 Å². The number of fused-ring (bicyclic) bond motifs is 3. The van der Waals surface area contributed by atoms with E-state index in [4.69, 9.17) is 26.2 Å². The molecule has 1 heterocycles. The molecule has 7 atom stereocenters. The zero-order valence-electron chi connectivity index (χ0n) is 26.0. The minimum absolute atomic E-state index is 0.0781. The van der Waals surface area contributed by atoms with Crippen LogP contribution in [0, 0.1) is 29.5 Å². The van der Waals surface area contributed by atoms with E-state index in [0.29, 0.717) is 37.4 Å². The fourth-order valence-corrected chi connectivity index (χ4v) is 9.07. The van der Waals surface area contributed by atoms with Gasteiger partial charge in [-0.15, -0.1) is 0 Å². The fraction of sp³-hybridized carbons (Fsp3) is 0.559. The van der Waals surface area contributed by atoms with Gasteiger partial charge in [0.1, 0.15) is 11.6 Å². The van der Waals surface area contributed by atoms with Crippen LogP contribution in [-0.2, 0) is 26.6 Å². The number of methoxy groups -OCH3 is 1. The van der Waals surface area contributed by atoms with Crippen molar-refractivity contribution in [3.05, 3.63) is 69.5 Å². The zero-order chi connectivity index (χ0) is 32.3. The molecule has 11 heteroatoms. The molecule has 1 spiro atoms. The highest BCUT2D eigenvalue weighted by molar-refractivity contribution is 7.89. The predicted octanol–water partition coefficient (Wildman–Crippen LogP) is 5.95. The van der Waals surface area contributed by atoms with Crippen molar-refractivity contribution in [1.29, 1.82) is 0 Å². The molecule has 45 heavy (non-hydrogen) atoms. The molecule has 8 nitrogen and oxygen atoms in total. The number of allylic oxidation sites excluding steroid dienone is 1. The monoisotopic (exact) mass is 660 g/mol. The molecular formula is C34H42ClFN2O6S. The van der Waals surface area contributed by atoms with Crippen LogP contribution in [0.5, 0.6) is 5.75 Å². The number of primary sulfonamides is 1. The SMILES string of the molecule is CO[C@@H](C1=C[C@H]([C@H](C)[C@@H](C)S(N)(=O)=O)C1)[C@@H]1CC[C@H]1CN1C[C@@]2(CCCc3c2ccc(Cl)c3F)COc2ccc(C(=O)O)cc21. The third-order valence-electron chi connectivity index (χ3n) is 11.2. The average Bonchev–Trinajstić information content (AvgIpc) is 3.11. The summed E-state index contributed by atoms with van der Waals surface area (Å²) in [6.07, 6.45) is 7.09. The number of ether oxygens (including phenoxy) is 2. The van der Waals surface area contributed by atoms with Gasteiger partial charge in [0.2, 0.25) is 10.0 Å². The zero-order valence-corrected chi connectivity index (χ0v) is 27.5. The summed E-state index contributed by atoms with van der Waals surface area (Å²) in [5.74, 6) is -0.170. The summed E-state index contributed by atoms with van der Waals surface area (Å²) < 4.78 is 51.6. The van der Waals surface area contributed by atoms with Crippen molar-refractivity contribution in [1.82, 2.24) is 0 Å². The van der Waals surface area contributed by atoms with Crippen LogP contribution in [0.4, 0.5) is 10.1 Å². The standard InChI is InChI=1S/C34H42ClFN2O6S/c1-19(20(2)45(37,41)42)23-13-24(14-23)32(43-3)25-8-6-22(25)16-38-17-34(12-4-5-26-27(34)9-10-28(35)31(26)36)18-44-30-11-7-21(33(39)40)15-29(30)38/h7,9-11,13,15,19-20,22-23,25,32H,4-6,8,12,14,16-18H2,1-3H3,(H,39,40)(H2,37,41,42)/t19-,20-,22+,23+,25-,32+,34+/m1/s1. The van der Waals surface area contributed by atoms with E-state index in [1.54, 1.807) is 38.3 Å². The molecule has 0 saturated heterocycles. The number of sulfonamides is 1. The second-order valence-electron chi connectivity index (χ2n) is 13.6. The van der Waals surface area contributed by atoms with Gasteiger partial charge in [0.05, 0.1) is 34.2 Å². The van der Waals surface area contributed by atoms with Crippen LogP contribution in [0.25, 0.3) is 0 Å². The number of benzene rings is 2. The first kappa shape index (κ1) is 32.3. The Kier molecular flexibility index (Phi) is 8.73. The van der Waals surface area contributed by atoms with Crippen molar-refractivity contribution in [2.75, 3.05) is 31.7 Å². The molecule has 244 valence electrons. The topological polar surface area (TPSA) is 119 Å². The number of rotatable bonds is 9. The first-order valence-corrected chi connectivity index (χ1v) is 17.8. The summed E-state index contributed by atoms with van der Waals surface area (Å²) in [7, 11) is -1.88. The van der Waals surface area contributed by atoms with Gasteiger partial charge in [-0.2, -0.15) is 0 Å². The maximum Gasteiger partial charge on any atom is 0.335 e. The number of hydrogen-bond donors (Lipinski definition) is 2. The van der Waals surface area contributed by atoms with Crippen molar-refractivity contribution in [2.45, 2.75) is 69.1 Å². The maximum atomic E-state index is 15.3. The average molecular weight is 661 g/mol. The lowest BCUT2D eigenvalue weighted by Crippen LogP contribution is -2.50. The minimum Gasteiger partial charge on any atom is -0.490 e. The molecule has 1 aliphatic heterocycles. The van der Waals surface area contributed by atoms with Crippen molar-refractivity contribution in [3.63, 3.8) is 0 Å². The molecule has 0 aromatic heterocycles. The van der Waals surface area contributed by atoms with E-state index < -0.39 is 26.7 Å². The van der Waals surface area contributed by atoms with Gasteiger partial charge in [-0.05, 0) is 110 Å². The quantitative estimate of drug-likeness (QED) is 0.319. The lowest BCUT2D eigenvalue weighted by Gasteiger charge is -2.48. The second-order valence-corrected chi connectivity index (χ2v) is 15.9. The Bertz CT molecular complexity index is 1630. The minimum atomic E-state index is -3.61. The Morgan fingerprint density at radius 1 is 1.27 bits per heavy atom. The maximum absolute atomic E-state index is 15.3. The Labute approximate surface area is 269 Å². The number of halogens is 2. The molecule has 0 amide bonds. The number of nitrogens with zero attached hydrogens (tertiary/aromatic N) is 1. The molecule has 4 aliphatic rings. The van der Waals surface area contributed by atoms with E-state index in [1.807, 2.05) is 13.0 Å². The second kappa shape index (κ2) is 12.2. The molecule has 2 aromatic carbocycles. The molecule has 6 rings (SSSR count). The van der Waals surface area contributed by atoms with Crippen LogP contribution in [0.15, 0.2) is 42.0 Å². The summed E-state index contributed by atoms with van der Waals surface area (Å²) in [5.41, 5.74) is 3.20. The molecule has 0 bridgehead atoms. The van der Waals surface area contributed by atoms with Gasteiger partial charge >= 0.3 is 5.97 Å². The smallest absolute Gasteiger partial charge is 0.335 e. The Hall–Kier alpha value is -2.66. The number of nitrogens with two attached hydrogens (primary N) is 1. The van der Waals surface area contributed by atoms with Crippen LogP contribution < -0.4 is 14.8 Å². The van der Waals surface area contributed by atoms with Gasteiger partial charge in [-0.1, -0.05) is 30.7 Å². The number of carbonyl (C=O) groups is 1. The number of aromatic carboxylic acids is 1. The van der Waals surface area contributed by atoms with E-state index in [0.717, 1.165) is 43.4 Å². The third kappa shape index (κ3) is 5.88. The van der Waals surface area contributed by atoms with Crippen LogP contribution in [0.2, 0.25) is 5.02 Å². The van der Waals surface area contributed by atoms with E-state index in [9.17, 15) is 18.3 Å². The van der Waals surface area contributed by atoms with Gasteiger partial charge in [-0.25, -0.2) is 22.7 Å². The lowest BCUT2D eigenvalue weighted by molar-refractivity contribution is -0.000489. The number of carboxylic acid groups (broad SMARTS) is 1. The van der Waals surface area contributed by atoms with Crippen molar-refractivity contribution >= 4 is 33.3 Å². The number of anilines is 1. The molecule has 3 N–H and O–H groups in total. The Morgan fingerprint density at radius 2 is 2.02 bits per heavy atom. The van der Waals surface area contributed by atoms with Crippen LogP contribution >= 0.6 is 11.6 Å². The summed E-state index contributed by atoms with van der Waals surface area (Å²) in [5, 5.41) is 14.7. The highest BCUT2D eigenvalue weighted by atomic mass is 35.5. The molecule has 1 saturated carbocycles. The number of carboxylic acids is 1. The highest BCUT2D eigenvalue weighted by Gasteiger charge is 2.47. The van der Waals surface area contributed by atoms with Crippen LogP contribution in [-0.4, -0.2) is 57.7 Å². The van der Waals surface area contributed by atoms with Gasteiger partial charge in [0.15, 0.2) is 0 Å². The highest BCUT2D eigenvalue weighted by Crippen LogP contribution is 2.49. The first-order chi connectivity index (χ1) is 21.3. The fourth-order valence-electron chi connectivity index (χ4n) is 8.09. The van der Waals surface area contributed by atoms with Crippen molar-refractivity contribution in [2.24, 2.45) is 28.8 Å². The summed E-state index contributed by atoms with van der Waals surface area (Å²) in [6.45, 7) is 5.19. The van der Waals surface area contributed by atoms with E-state index >= 15 is 4.39 Å². The lowest BCUT2D eigenvalue weighted by atomic mass is 9.64. The molecule has 0 unspecified atom stereocenters. The molecule has 3 aliphatic carbocycles. The van der Waals surface area contributed by atoms with Gasteiger partial charge in [0.25, 0.3) is 0 Å². The van der Waals surface area contributed by atoms with Crippen LogP contribution in [0.3, 0.4) is 0 Å². The Balaban J connectivity index is 1.28. The molecule has 2 aromatic rings. The summed E-state index contributed by atoms with van der Waals surface area (Å²) >= 11 is 6.19. The Morgan fingerprint density at radius 3 is 2.67 bits per heavy atom. The first-order valence-electron chi connectivity index (χ1n) is 15.8. The summed E-state index contributed by atoms with van der Waals surface area (Å²) in [6, 6.07) is 8.55. The van der Waals surface area contributed by atoms with E-state index in [1.165, 1.54) is 5.57 Å². The van der Waals surface area contributed by atoms with Gasteiger partial charge < -0.3 is 19.5 Å².